The molecule has 0 aliphatic rings. The summed E-state index contributed by atoms with van der Waals surface area (Å²) >= 11 is 7.21. The monoisotopic (exact) mass is 424 g/mol. The van der Waals surface area contributed by atoms with Crippen LogP contribution in [-0.4, -0.2) is 40.2 Å². The Bertz CT molecular complexity index is 901. The molecule has 2 aromatic rings. The number of carbonyl (C=O) groups excluding carboxylic acids is 2. The Morgan fingerprint density at radius 2 is 1.96 bits per heavy atom. The number of hydrogen-bond donors (Lipinski definition) is 2. The molecule has 1 aromatic heterocycles. The van der Waals surface area contributed by atoms with Gasteiger partial charge >= 0.3 is 0 Å². The summed E-state index contributed by atoms with van der Waals surface area (Å²) in [4.78, 5) is 40.9. The third-order valence-electron chi connectivity index (χ3n) is 4.02. The molecule has 1 aromatic carbocycles. The SMILES string of the molecule is CCCCCn1c(SCC(=O)NCC(=O)NCC)nc2cc(Cl)ccc2c1=O. The maximum atomic E-state index is 12.9. The maximum absolute atomic E-state index is 12.9. The smallest absolute Gasteiger partial charge is 0.262 e. The number of hydrogen-bond acceptors (Lipinski definition) is 5. The Morgan fingerprint density at radius 3 is 2.68 bits per heavy atom. The van der Waals surface area contributed by atoms with E-state index in [4.69, 9.17) is 11.6 Å². The van der Waals surface area contributed by atoms with E-state index in [0.717, 1.165) is 19.3 Å². The molecule has 0 atom stereocenters. The van der Waals surface area contributed by atoms with E-state index in [1.54, 1.807) is 22.8 Å². The van der Waals surface area contributed by atoms with Gasteiger partial charge in [-0.1, -0.05) is 43.1 Å². The number of carbonyl (C=O) groups is 2. The van der Waals surface area contributed by atoms with Crippen molar-refractivity contribution in [2.75, 3.05) is 18.8 Å². The molecule has 0 aliphatic heterocycles. The van der Waals surface area contributed by atoms with Crippen molar-refractivity contribution in [3.8, 4) is 0 Å². The number of unbranched alkanes of at least 4 members (excludes halogenated alkanes) is 2. The largest absolute Gasteiger partial charge is 0.355 e. The quantitative estimate of drug-likeness (QED) is 0.347. The van der Waals surface area contributed by atoms with E-state index >= 15 is 0 Å². The zero-order valence-electron chi connectivity index (χ0n) is 16.1. The lowest BCUT2D eigenvalue weighted by atomic mass is 10.2. The highest BCUT2D eigenvalue weighted by atomic mass is 35.5. The van der Waals surface area contributed by atoms with Gasteiger partial charge in [-0.2, -0.15) is 0 Å². The molecule has 9 heteroatoms. The summed E-state index contributed by atoms with van der Waals surface area (Å²) in [6.45, 7) is 4.89. The van der Waals surface area contributed by atoms with Crippen LogP contribution in [0.1, 0.15) is 33.1 Å². The van der Waals surface area contributed by atoms with Crippen LogP contribution in [0.2, 0.25) is 5.02 Å². The first-order chi connectivity index (χ1) is 13.5. The van der Waals surface area contributed by atoms with E-state index < -0.39 is 0 Å². The van der Waals surface area contributed by atoms with Crippen LogP contribution in [0.4, 0.5) is 0 Å². The molecule has 0 saturated carbocycles. The molecule has 2 amide bonds. The summed E-state index contributed by atoms with van der Waals surface area (Å²) in [7, 11) is 0. The summed E-state index contributed by atoms with van der Waals surface area (Å²) in [5, 5.41) is 6.66. The van der Waals surface area contributed by atoms with Crippen molar-refractivity contribution in [3.05, 3.63) is 33.6 Å². The minimum absolute atomic E-state index is 0.0612. The maximum Gasteiger partial charge on any atom is 0.262 e. The Labute approximate surface area is 173 Å². The average Bonchev–Trinajstić information content (AvgIpc) is 2.66. The van der Waals surface area contributed by atoms with Crippen LogP contribution in [0, 0.1) is 0 Å². The second kappa shape index (κ2) is 11.1. The van der Waals surface area contributed by atoms with Crippen molar-refractivity contribution >= 4 is 46.1 Å². The lowest BCUT2D eigenvalue weighted by molar-refractivity contribution is -0.124. The second-order valence-electron chi connectivity index (χ2n) is 6.24. The van der Waals surface area contributed by atoms with E-state index in [2.05, 4.69) is 22.5 Å². The zero-order valence-corrected chi connectivity index (χ0v) is 17.7. The number of aromatic nitrogens is 2. The van der Waals surface area contributed by atoms with E-state index in [0.29, 0.717) is 34.2 Å². The van der Waals surface area contributed by atoms with Crippen LogP contribution in [0.15, 0.2) is 28.2 Å². The van der Waals surface area contributed by atoms with Crippen LogP contribution in [-0.2, 0) is 16.1 Å². The standard InChI is InChI=1S/C19H25ClN4O3S/c1-3-5-6-9-24-18(27)14-8-7-13(20)10-15(14)23-19(24)28-12-17(26)22-11-16(25)21-4-2/h7-8,10H,3-6,9,11-12H2,1-2H3,(H,21,25)(H,22,26). The molecule has 0 saturated heterocycles. The molecular formula is C19H25ClN4O3S. The number of nitrogens with one attached hydrogen (secondary N) is 2. The topological polar surface area (TPSA) is 93.1 Å². The van der Waals surface area contributed by atoms with Gasteiger partial charge in [0.05, 0.1) is 23.2 Å². The van der Waals surface area contributed by atoms with Crippen molar-refractivity contribution < 1.29 is 9.59 Å². The molecular weight excluding hydrogens is 400 g/mol. The third-order valence-corrected chi connectivity index (χ3v) is 5.23. The normalized spacial score (nSPS) is 10.8. The van der Waals surface area contributed by atoms with Crippen LogP contribution >= 0.6 is 23.4 Å². The number of halogens is 1. The predicted molar refractivity (Wildman–Crippen MR) is 113 cm³/mol. The molecule has 1 heterocycles. The zero-order chi connectivity index (χ0) is 20.5. The van der Waals surface area contributed by atoms with Gasteiger partial charge in [0.15, 0.2) is 5.16 Å². The number of likely N-dealkylation sites (N-methyl/N-ethyl adjacent to an activating group) is 1. The number of amides is 2. The molecule has 0 radical (unpaired) electrons. The molecule has 0 unspecified atom stereocenters. The van der Waals surface area contributed by atoms with E-state index in [9.17, 15) is 14.4 Å². The lowest BCUT2D eigenvalue weighted by Crippen LogP contribution is -2.37. The first-order valence-electron chi connectivity index (χ1n) is 9.32. The Hall–Kier alpha value is -2.06. The number of benzene rings is 1. The van der Waals surface area contributed by atoms with Crippen molar-refractivity contribution in [2.24, 2.45) is 0 Å². The van der Waals surface area contributed by atoms with Gasteiger partial charge in [0.2, 0.25) is 11.8 Å². The highest BCUT2D eigenvalue weighted by Crippen LogP contribution is 2.21. The van der Waals surface area contributed by atoms with Crippen LogP contribution < -0.4 is 16.2 Å². The van der Waals surface area contributed by atoms with Gasteiger partial charge in [0.1, 0.15) is 0 Å². The first kappa shape index (κ1) is 22.2. The van der Waals surface area contributed by atoms with Crippen LogP contribution in [0.25, 0.3) is 10.9 Å². The highest BCUT2D eigenvalue weighted by Gasteiger charge is 2.14. The average molecular weight is 425 g/mol. The van der Waals surface area contributed by atoms with E-state index in [1.165, 1.54) is 11.8 Å². The fourth-order valence-electron chi connectivity index (χ4n) is 2.62. The minimum Gasteiger partial charge on any atom is -0.355 e. The summed E-state index contributed by atoms with van der Waals surface area (Å²) < 4.78 is 1.62. The Balaban J connectivity index is 2.18. The summed E-state index contributed by atoms with van der Waals surface area (Å²) in [6.07, 6.45) is 2.90. The third kappa shape index (κ3) is 6.24. The van der Waals surface area contributed by atoms with Crippen molar-refractivity contribution in [3.63, 3.8) is 0 Å². The summed E-state index contributed by atoms with van der Waals surface area (Å²) in [5.74, 6) is -0.473. The summed E-state index contributed by atoms with van der Waals surface area (Å²) in [6, 6.07) is 5.00. The fourth-order valence-corrected chi connectivity index (χ4v) is 3.64. The van der Waals surface area contributed by atoms with Crippen molar-refractivity contribution in [1.82, 2.24) is 20.2 Å². The van der Waals surface area contributed by atoms with Gasteiger partial charge < -0.3 is 10.6 Å². The molecule has 0 aliphatic carbocycles. The molecule has 2 rings (SSSR count). The second-order valence-corrected chi connectivity index (χ2v) is 7.62. The van der Waals surface area contributed by atoms with Gasteiger partial charge in [0.25, 0.3) is 5.56 Å². The fraction of sp³-hybridized carbons (Fsp3) is 0.474. The molecule has 0 bridgehead atoms. The first-order valence-corrected chi connectivity index (χ1v) is 10.7. The van der Waals surface area contributed by atoms with Crippen molar-refractivity contribution in [1.29, 1.82) is 0 Å². The van der Waals surface area contributed by atoms with E-state index in [1.807, 2.05) is 6.92 Å². The predicted octanol–water partition coefficient (Wildman–Crippen LogP) is 2.58. The number of rotatable bonds is 10. The van der Waals surface area contributed by atoms with Gasteiger partial charge in [-0.25, -0.2) is 4.98 Å². The molecule has 28 heavy (non-hydrogen) atoms. The highest BCUT2D eigenvalue weighted by molar-refractivity contribution is 7.99. The Morgan fingerprint density at radius 1 is 1.18 bits per heavy atom. The number of thioether (sulfide) groups is 1. The number of nitrogens with zero attached hydrogens (tertiary/aromatic N) is 2. The van der Waals surface area contributed by atoms with Crippen LogP contribution in [0.3, 0.4) is 0 Å². The Kier molecular flexibility index (Phi) is 8.79. The molecule has 0 spiro atoms. The van der Waals surface area contributed by atoms with Crippen LogP contribution in [0.5, 0.6) is 0 Å². The van der Waals surface area contributed by atoms with Gasteiger partial charge in [-0.3, -0.25) is 19.0 Å². The van der Waals surface area contributed by atoms with Gasteiger partial charge in [-0.15, -0.1) is 0 Å². The molecule has 7 nitrogen and oxygen atoms in total. The van der Waals surface area contributed by atoms with Gasteiger partial charge in [0, 0.05) is 18.1 Å². The minimum atomic E-state index is -0.295. The van der Waals surface area contributed by atoms with Crippen molar-refractivity contribution in [2.45, 2.75) is 44.8 Å². The number of fused-ring (bicyclic) bond motifs is 1. The molecule has 2 N–H and O–H groups in total. The van der Waals surface area contributed by atoms with E-state index in [-0.39, 0.29) is 29.7 Å². The molecule has 0 fully saturated rings. The van der Waals surface area contributed by atoms with Gasteiger partial charge in [-0.05, 0) is 31.5 Å². The lowest BCUT2D eigenvalue weighted by Gasteiger charge is -2.13. The summed E-state index contributed by atoms with van der Waals surface area (Å²) in [5.41, 5.74) is 0.373. The molecule has 152 valence electrons.